The number of rotatable bonds is 4. The summed E-state index contributed by atoms with van der Waals surface area (Å²) in [4.78, 5) is 4.02. The number of nitrogens with zero attached hydrogens (tertiary/aromatic N) is 1. The summed E-state index contributed by atoms with van der Waals surface area (Å²) >= 11 is 0. The third kappa shape index (κ3) is 9.72. The van der Waals surface area contributed by atoms with Crippen molar-refractivity contribution in [3.63, 3.8) is 0 Å². The summed E-state index contributed by atoms with van der Waals surface area (Å²) in [5.74, 6) is 0.655. The second-order valence-corrected chi connectivity index (χ2v) is 6.37. The highest BCUT2D eigenvalue weighted by molar-refractivity contribution is 7.88. The lowest BCUT2D eigenvalue weighted by Crippen LogP contribution is -2.49. The van der Waals surface area contributed by atoms with Crippen molar-refractivity contribution in [1.29, 1.82) is 0 Å². The highest BCUT2D eigenvalue weighted by Crippen LogP contribution is 1.97. The molecule has 0 aromatic rings. The van der Waals surface area contributed by atoms with Gasteiger partial charge in [0.25, 0.3) is 0 Å². The van der Waals surface area contributed by atoms with E-state index in [0.29, 0.717) is 19.0 Å². The minimum atomic E-state index is -3.11. The van der Waals surface area contributed by atoms with E-state index in [-0.39, 0.29) is 5.54 Å². The number of aliphatic imine (C=N–C) groups is 1. The predicted molar refractivity (Wildman–Crippen MR) is 67.1 cm³/mol. The van der Waals surface area contributed by atoms with E-state index in [1.807, 2.05) is 20.8 Å². The maximum atomic E-state index is 10.8. The van der Waals surface area contributed by atoms with Gasteiger partial charge in [-0.15, -0.1) is 0 Å². The second-order valence-electron chi connectivity index (χ2n) is 4.54. The minimum Gasteiger partial charge on any atom is -0.355 e. The Morgan fingerprint density at radius 2 is 1.81 bits per heavy atom. The van der Waals surface area contributed by atoms with Crippen molar-refractivity contribution in [2.75, 3.05) is 26.4 Å². The zero-order valence-electron chi connectivity index (χ0n) is 10.6. The Kier molecular flexibility index (Phi) is 5.74. The third-order valence-electron chi connectivity index (χ3n) is 1.50. The van der Waals surface area contributed by atoms with Crippen LogP contribution >= 0.6 is 0 Å². The molecule has 0 rings (SSSR count). The monoisotopic (exact) mass is 250 g/mol. The van der Waals surface area contributed by atoms with Gasteiger partial charge in [0.1, 0.15) is 0 Å². The average molecular weight is 250 g/mol. The lowest BCUT2D eigenvalue weighted by atomic mass is 10.1. The number of guanidine groups is 1. The fourth-order valence-electron chi connectivity index (χ4n) is 0.952. The fourth-order valence-corrected chi connectivity index (χ4v) is 1.42. The molecule has 0 aliphatic heterocycles. The molecule has 0 spiro atoms. The molecular weight excluding hydrogens is 228 g/mol. The van der Waals surface area contributed by atoms with Crippen molar-refractivity contribution in [3.05, 3.63) is 0 Å². The van der Waals surface area contributed by atoms with Crippen LogP contribution in [0.1, 0.15) is 20.8 Å². The van der Waals surface area contributed by atoms with Crippen LogP contribution in [0.2, 0.25) is 0 Å². The zero-order chi connectivity index (χ0) is 12.8. The third-order valence-corrected chi connectivity index (χ3v) is 2.23. The Labute approximate surface area is 98.0 Å². The fraction of sp³-hybridized carbons (Fsp3) is 0.889. The van der Waals surface area contributed by atoms with Crippen LogP contribution in [0.5, 0.6) is 0 Å². The molecule has 0 aromatic heterocycles. The molecule has 16 heavy (non-hydrogen) atoms. The summed E-state index contributed by atoms with van der Waals surface area (Å²) in [6.07, 6.45) is 1.13. The molecular formula is C9H22N4O2S. The van der Waals surface area contributed by atoms with E-state index in [1.54, 1.807) is 7.05 Å². The van der Waals surface area contributed by atoms with Crippen LogP contribution in [0.3, 0.4) is 0 Å². The number of sulfonamides is 1. The van der Waals surface area contributed by atoms with Gasteiger partial charge in [0.2, 0.25) is 10.0 Å². The van der Waals surface area contributed by atoms with Gasteiger partial charge in [-0.05, 0) is 20.8 Å². The van der Waals surface area contributed by atoms with Gasteiger partial charge >= 0.3 is 0 Å². The van der Waals surface area contributed by atoms with E-state index in [4.69, 9.17) is 0 Å². The van der Waals surface area contributed by atoms with Gasteiger partial charge in [-0.25, -0.2) is 13.1 Å². The van der Waals surface area contributed by atoms with Crippen LogP contribution in [0, 0.1) is 0 Å². The first kappa shape index (κ1) is 15.2. The van der Waals surface area contributed by atoms with Crippen molar-refractivity contribution < 1.29 is 8.42 Å². The van der Waals surface area contributed by atoms with Crippen LogP contribution in [0.15, 0.2) is 4.99 Å². The topological polar surface area (TPSA) is 82.6 Å². The van der Waals surface area contributed by atoms with E-state index in [9.17, 15) is 8.42 Å². The summed E-state index contributed by atoms with van der Waals surface area (Å²) in [6, 6.07) is 0. The van der Waals surface area contributed by atoms with Crippen LogP contribution in [-0.4, -0.2) is 46.3 Å². The molecule has 96 valence electrons. The molecule has 0 bridgehead atoms. The van der Waals surface area contributed by atoms with Gasteiger partial charge in [-0.3, -0.25) is 4.99 Å². The van der Waals surface area contributed by atoms with E-state index in [0.717, 1.165) is 6.26 Å². The molecule has 0 atom stereocenters. The lowest BCUT2D eigenvalue weighted by molar-refractivity contribution is 0.501. The maximum Gasteiger partial charge on any atom is 0.208 e. The molecule has 0 saturated heterocycles. The zero-order valence-corrected chi connectivity index (χ0v) is 11.4. The van der Waals surface area contributed by atoms with Gasteiger partial charge in [-0.2, -0.15) is 0 Å². The molecule has 0 aromatic carbocycles. The quantitative estimate of drug-likeness (QED) is 0.357. The van der Waals surface area contributed by atoms with Crippen LogP contribution in [0.4, 0.5) is 0 Å². The highest BCUT2D eigenvalue weighted by atomic mass is 32.2. The lowest BCUT2D eigenvalue weighted by Gasteiger charge is -2.23. The van der Waals surface area contributed by atoms with E-state index < -0.39 is 10.0 Å². The van der Waals surface area contributed by atoms with Gasteiger partial charge in [-0.1, -0.05) is 0 Å². The van der Waals surface area contributed by atoms with Crippen molar-refractivity contribution in [1.82, 2.24) is 15.4 Å². The van der Waals surface area contributed by atoms with Crippen molar-refractivity contribution >= 4 is 16.0 Å². The molecule has 0 heterocycles. The second kappa shape index (κ2) is 6.05. The van der Waals surface area contributed by atoms with Crippen LogP contribution < -0.4 is 15.4 Å². The summed E-state index contributed by atoms with van der Waals surface area (Å²) in [5.41, 5.74) is -0.0773. The highest BCUT2D eigenvalue weighted by Gasteiger charge is 2.11. The van der Waals surface area contributed by atoms with Gasteiger partial charge in [0.05, 0.1) is 6.26 Å². The first-order valence-electron chi connectivity index (χ1n) is 5.07. The van der Waals surface area contributed by atoms with Crippen LogP contribution in [-0.2, 0) is 10.0 Å². The van der Waals surface area contributed by atoms with E-state index in [2.05, 4.69) is 20.3 Å². The largest absolute Gasteiger partial charge is 0.355 e. The SMILES string of the molecule is CN=C(NCCNS(C)(=O)=O)NC(C)(C)C. The number of nitrogens with one attached hydrogen (secondary N) is 3. The Morgan fingerprint density at radius 3 is 2.19 bits per heavy atom. The molecule has 3 N–H and O–H groups in total. The van der Waals surface area contributed by atoms with Crippen LogP contribution in [0.25, 0.3) is 0 Å². The van der Waals surface area contributed by atoms with Gasteiger partial charge in [0.15, 0.2) is 5.96 Å². The standard InChI is InChI=1S/C9H22N4O2S/c1-9(2,3)13-8(10-4)11-6-7-12-16(5,14)15/h12H,6-7H2,1-5H3,(H2,10,11,13). The smallest absolute Gasteiger partial charge is 0.208 e. The van der Waals surface area contributed by atoms with Crippen molar-refractivity contribution in [2.45, 2.75) is 26.3 Å². The Hall–Kier alpha value is -0.820. The van der Waals surface area contributed by atoms with Gasteiger partial charge in [0, 0.05) is 25.7 Å². The average Bonchev–Trinajstić information content (AvgIpc) is 2.06. The first-order valence-corrected chi connectivity index (χ1v) is 6.97. The summed E-state index contributed by atoms with van der Waals surface area (Å²) in [5, 5.41) is 6.18. The summed E-state index contributed by atoms with van der Waals surface area (Å²) in [6.45, 7) is 6.89. The predicted octanol–water partition coefficient (Wildman–Crippen LogP) is -0.501. The minimum absolute atomic E-state index is 0.0773. The molecule has 0 saturated carbocycles. The molecule has 0 unspecified atom stereocenters. The molecule has 0 aliphatic carbocycles. The molecule has 0 radical (unpaired) electrons. The molecule has 0 amide bonds. The normalized spacial score (nSPS) is 13.7. The van der Waals surface area contributed by atoms with E-state index >= 15 is 0 Å². The van der Waals surface area contributed by atoms with Crippen molar-refractivity contribution in [3.8, 4) is 0 Å². The van der Waals surface area contributed by atoms with E-state index in [1.165, 1.54) is 0 Å². The molecule has 0 aliphatic rings. The number of hydrogen-bond acceptors (Lipinski definition) is 3. The molecule has 7 heteroatoms. The summed E-state index contributed by atoms with van der Waals surface area (Å²) < 4.78 is 24.0. The maximum absolute atomic E-state index is 10.8. The molecule has 0 fully saturated rings. The number of hydrogen-bond donors (Lipinski definition) is 3. The Bertz CT molecular complexity index is 330. The Morgan fingerprint density at radius 1 is 1.25 bits per heavy atom. The summed E-state index contributed by atoms with van der Waals surface area (Å²) in [7, 11) is -1.44. The van der Waals surface area contributed by atoms with Crippen molar-refractivity contribution in [2.24, 2.45) is 4.99 Å². The Balaban J connectivity index is 3.91. The first-order chi connectivity index (χ1) is 7.14. The van der Waals surface area contributed by atoms with Gasteiger partial charge < -0.3 is 10.6 Å². The molecule has 6 nitrogen and oxygen atoms in total.